The number of rotatable bonds is 6. The molecule has 3 aromatic carbocycles. The van der Waals surface area contributed by atoms with Gasteiger partial charge in [-0.05, 0) is 48.2 Å². The maximum Gasteiger partial charge on any atom is 0.267 e. The van der Waals surface area contributed by atoms with Crippen LogP contribution in [0.5, 0.6) is 11.5 Å². The molecule has 6 heteroatoms. The molecule has 5 nitrogen and oxygen atoms in total. The SMILES string of the molecule is CC1Oc2ccc(-c3csc(-c4ccccc4)n3)cc2N(CCOc2ccc(C(C)(C)C)cc2)C1=O. The molecule has 0 N–H and O–H groups in total. The highest BCUT2D eigenvalue weighted by atomic mass is 32.1. The summed E-state index contributed by atoms with van der Waals surface area (Å²) in [4.78, 5) is 19.7. The minimum absolute atomic E-state index is 0.0745. The highest BCUT2D eigenvalue weighted by molar-refractivity contribution is 7.13. The van der Waals surface area contributed by atoms with Crippen LogP contribution in [0.3, 0.4) is 0 Å². The van der Waals surface area contributed by atoms with E-state index in [0.29, 0.717) is 18.9 Å². The van der Waals surface area contributed by atoms with Crippen molar-refractivity contribution in [2.75, 3.05) is 18.1 Å². The summed E-state index contributed by atoms with van der Waals surface area (Å²) in [6.45, 7) is 9.16. The van der Waals surface area contributed by atoms with Crippen molar-refractivity contribution in [1.29, 1.82) is 0 Å². The number of aromatic nitrogens is 1. The summed E-state index contributed by atoms with van der Waals surface area (Å²) in [5, 5.41) is 3.01. The largest absolute Gasteiger partial charge is 0.492 e. The van der Waals surface area contributed by atoms with Crippen LogP contribution < -0.4 is 14.4 Å². The van der Waals surface area contributed by atoms with Crippen LogP contribution in [0.1, 0.15) is 33.3 Å². The fraction of sp³-hybridized carbons (Fsp3) is 0.267. The second-order valence-electron chi connectivity index (χ2n) is 9.96. The van der Waals surface area contributed by atoms with Crippen LogP contribution >= 0.6 is 11.3 Å². The summed E-state index contributed by atoms with van der Waals surface area (Å²) in [5.74, 6) is 1.41. The minimum Gasteiger partial charge on any atom is -0.492 e. The van der Waals surface area contributed by atoms with Gasteiger partial charge in [0.2, 0.25) is 0 Å². The van der Waals surface area contributed by atoms with Crippen molar-refractivity contribution >= 4 is 22.9 Å². The lowest BCUT2D eigenvalue weighted by atomic mass is 9.87. The third-order valence-electron chi connectivity index (χ3n) is 6.29. The summed E-state index contributed by atoms with van der Waals surface area (Å²) in [6, 6.07) is 24.2. The first-order valence-corrected chi connectivity index (χ1v) is 13.0. The average Bonchev–Trinajstić information content (AvgIpc) is 3.37. The lowest BCUT2D eigenvalue weighted by Crippen LogP contribution is -2.46. The van der Waals surface area contributed by atoms with Crippen LogP contribution in [0.25, 0.3) is 21.8 Å². The van der Waals surface area contributed by atoms with E-state index in [9.17, 15) is 4.79 Å². The first-order chi connectivity index (χ1) is 17.3. The predicted molar refractivity (Wildman–Crippen MR) is 146 cm³/mol. The predicted octanol–water partition coefficient (Wildman–Crippen LogP) is 6.97. The van der Waals surface area contributed by atoms with Crippen LogP contribution in [-0.4, -0.2) is 30.1 Å². The molecule has 4 aromatic rings. The van der Waals surface area contributed by atoms with Crippen LogP contribution in [-0.2, 0) is 10.2 Å². The van der Waals surface area contributed by atoms with Crippen molar-refractivity contribution in [2.45, 2.75) is 39.2 Å². The van der Waals surface area contributed by atoms with Crippen molar-refractivity contribution in [2.24, 2.45) is 0 Å². The van der Waals surface area contributed by atoms with Crippen molar-refractivity contribution in [3.8, 4) is 33.3 Å². The van der Waals surface area contributed by atoms with Gasteiger partial charge in [0.15, 0.2) is 6.10 Å². The number of benzene rings is 3. The Balaban J connectivity index is 1.34. The van der Waals surface area contributed by atoms with E-state index < -0.39 is 6.10 Å². The van der Waals surface area contributed by atoms with E-state index in [4.69, 9.17) is 14.5 Å². The second-order valence-corrected chi connectivity index (χ2v) is 10.8. The zero-order valence-electron chi connectivity index (χ0n) is 21.0. The molecule has 0 saturated heterocycles. The summed E-state index contributed by atoms with van der Waals surface area (Å²) in [6.07, 6.45) is -0.543. The van der Waals surface area contributed by atoms with Crippen LogP contribution in [0.2, 0.25) is 0 Å². The van der Waals surface area contributed by atoms with Gasteiger partial charge >= 0.3 is 0 Å². The number of ether oxygens (including phenoxy) is 2. The van der Waals surface area contributed by atoms with Gasteiger partial charge in [0.1, 0.15) is 23.1 Å². The molecule has 0 bridgehead atoms. The molecule has 2 heterocycles. The minimum atomic E-state index is -0.543. The summed E-state index contributed by atoms with van der Waals surface area (Å²) >= 11 is 1.61. The van der Waals surface area contributed by atoms with Crippen LogP contribution in [0.15, 0.2) is 78.2 Å². The summed E-state index contributed by atoms with van der Waals surface area (Å²) in [5.41, 5.74) is 5.01. The van der Waals surface area contributed by atoms with E-state index in [1.807, 2.05) is 53.9 Å². The van der Waals surface area contributed by atoms with Crippen molar-refractivity contribution in [1.82, 2.24) is 4.98 Å². The van der Waals surface area contributed by atoms with Gasteiger partial charge in [-0.15, -0.1) is 11.3 Å². The van der Waals surface area contributed by atoms with E-state index in [1.54, 1.807) is 23.2 Å². The fourth-order valence-electron chi connectivity index (χ4n) is 4.22. The topological polar surface area (TPSA) is 51.7 Å². The lowest BCUT2D eigenvalue weighted by Gasteiger charge is -2.33. The third-order valence-corrected chi connectivity index (χ3v) is 7.18. The molecular formula is C30H30N2O3S. The molecule has 0 fully saturated rings. The Labute approximate surface area is 216 Å². The van der Waals surface area contributed by atoms with Crippen molar-refractivity contribution in [3.05, 3.63) is 83.7 Å². The number of thiazole rings is 1. The zero-order valence-corrected chi connectivity index (χ0v) is 21.8. The van der Waals surface area contributed by atoms with Gasteiger partial charge in [0, 0.05) is 16.5 Å². The maximum absolute atomic E-state index is 13.1. The van der Waals surface area contributed by atoms with E-state index in [1.165, 1.54) is 5.56 Å². The van der Waals surface area contributed by atoms with Gasteiger partial charge < -0.3 is 14.4 Å². The first kappa shape index (κ1) is 24.1. The Kier molecular flexibility index (Phi) is 6.54. The molecule has 1 amide bonds. The normalized spacial score (nSPS) is 15.4. The first-order valence-electron chi connectivity index (χ1n) is 12.2. The second kappa shape index (κ2) is 9.78. The number of amides is 1. The Bertz CT molecular complexity index is 1360. The maximum atomic E-state index is 13.1. The number of anilines is 1. The molecule has 36 heavy (non-hydrogen) atoms. The highest BCUT2D eigenvalue weighted by Crippen LogP contribution is 2.38. The summed E-state index contributed by atoms with van der Waals surface area (Å²) < 4.78 is 11.9. The van der Waals surface area contributed by atoms with Crippen molar-refractivity contribution in [3.63, 3.8) is 0 Å². The van der Waals surface area contributed by atoms with Gasteiger partial charge in [0.05, 0.1) is 17.9 Å². The number of nitrogens with zero attached hydrogens (tertiary/aromatic N) is 2. The van der Waals surface area contributed by atoms with Gasteiger partial charge in [-0.25, -0.2) is 4.98 Å². The smallest absolute Gasteiger partial charge is 0.267 e. The molecule has 1 aromatic heterocycles. The molecule has 1 unspecified atom stereocenters. The number of hydrogen-bond donors (Lipinski definition) is 0. The average molecular weight is 499 g/mol. The molecule has 0 radical (unpaired) electrons. The lowest BCUT2D eigenvalue weighted by molar-refractivity contribution is -0.125. The van der Waals surface area contributed by atoms with E-state index in [0.717, 1.165) is 33.3 Å². The summed E-state index contributed by atoms with van der Waals surface area (Å²) in [7, 11) is 0. The van der Waals surface area contributed by atoms with E-state index in [2.05, 4.69) is 45.0 Å². The van der Waals surface area contributed by atoms with Gasteiger partial charge in [-0.2, -0.15) is 0 Å². The molecule has 1 aliphatic heterocycles. The zero-order chi connectivity index (χ0) is 25.3. The molecule has 0 saturated carbocycles. The molecule has 1 atom stereocenters. The van der Waals surface area contributed by atoms with Gasteiger partial charge in [0.25, 0.3) is 5.91 Å². The Morgan fingerprint density at radius 2 is 1.75 bits per heavy atom. The van der Waals surface area contributed by atoms with Gasteiger partial charge in [-0.3, -0.25) is 4.79 Å². The quantitative estimate of drug-likeness (QED) is 0.288. The van der Waals surface area contributed by atoms with Crippen molar-refractivity contribution < 1.29 is 14.3 Å². The Hall–Kier alpha value is -3.64. The number of fused-ring (bicyclic) bond motifs is 1. The Morgan fingerprint density at radius 1 is 1.00 bits per heavy atom. The van der Waals surface area contributed by atoms with E-state index >= 15 is 0 Å². The molecule has 0 spiro atoms. The molecular weight excluding hydrogens is 468 g/mol. The van der Waals surface area contributed by atoms with Gasteiger partial charge in [-0.1, -0.05) is 63.2 Å². The number of carbonyl (C=O) groups is 1. The number of hydrogen-bond acceptors (Lipinski definition) is 5. The third kappa shape index (κ3) is 5.00. The monoisotopic (exact) mass is 498 g/mol. The molecule has 5 rings (SSSR count). The number of carbonyl (C=O) groups excluding carboxylic acids is 1. The molecule has 0 aliphatic carbocycles. The highest BCUT2D eigenvalue weighted by Gasteiger charge is 2.32. The van der Waals surface area contributed by atoms with E-state index in [-0.39, 0.29) is 11.3 Å². The standard InChI is InChI=1S/C30H30N2O3S/c1-20-29(33)32(16-17-34-24-13-11-23(12-14-24)30(2,3)4)26-18-22(10-15-27(26)35-20)25-19-36-28(31-25)21-8-6-5-7-9-21/h5-15,18-20H,16-17H2,1-4H3. The fourth-order valence-corrected chi connectivity index (χ4v) is 5.06. The van der Waals surface area contributed by atoms with Crippen LogP contribution in [0.4, 0.5) is 5.69 Å². The Morgan fingerprint density at radius 3 is 2.47 bits per heavy atom. The molecule has 1 aliphatic rings. The molecule has 184 valence electrons. The van der Waals surface area contributed by atoms with Crippen LogP contribution in [0, 0.1) is 0 Å².